The minimum absolute atomic E-state index is 0.189. The highest BCUT2D eigenvalue weighted by Gasteiger charge is 2.01. The molecule has 0 amide bonds. The van der Waals surface area contributed by atoms with Crippen LogP contribution in [0.4, 0.5) is 4.39 Å². The van der Waals surface area contributed by atoms with E-state index >= 15 is 0 Å². The highest BCUT2D eigenvalue weighted by atomic mass is 32.1. The third kappa shape index (κ3) is 2.63. The van der Waals surface area contributed by atoms with Crippen LogP contribution in [0, 0.1) is 5.82 Å². The molecule has 0 radical (unpaired) electrons. The number of aromatic nitrogens is 1. The number of rotatable bonds is 3. The molecule has 78 valence electrons. The second-order valence-electron chi connectivity index (χ2n) is 3.39. The van der Waals surface area contributed by atoms with Crippen molar-refractivity contribution in [1.82, 2.24) is 4.98 Å². The Balaban J connectivity index is 2.11. The lowest BCUT2D eigenvalue weighted by atomic mass is 10.1. The molecule has 0 spiro atoms. The van der Waals surface area contributed by atoms with Crippen molar-refractivity contribution in [3.63, 3.8) is 0 Å². The van der Waals surface area contributed by atoms with Gasteiger partial charge in [0.25, 0.3) is 0 Å². The van der Waals surface area contributed by atoms with E-state index in [1.807, 2.05) is 0 Å². The largest absolute Gasteiger partial charge is 0.246 e. The fraction of sp³-hybridized carbons (Fsp3) is 0.250. The number of halogens is 1. The van der Waals surface area contributed by atoms with Crippen molar-refractivity contribution in [3.05, 3.63) is 51.7 Å². The minimum Gasteiger partial charge on any atom is -0.246 e. The summed E-state index contributed by atoms with van der Waals surface area (Å²) >= 11 is 1.69. The van der Waals surface area contributed by atoms with Crippen LogP contribution < -0.4 is 0 Å². The lowest BCUT2D eigenvalue weighted by Crippen LogP contribution is -1.89. The summed E-state index contributed by atoms with van der Waals surface area (Å²) in [6.07, 6.45) is 1.77. The molecule has 0 atom stereocenters. The average Bonchev–Trinajstić information content (AvgIpc) is 2.69. The number of benzene rings is 1. The van der Waals surface area contributed by atoms with Crippen molar-refractivity contribution < 1.29 is 4.39 Å². The van der Waals surface area contributed by atoms with Crippen molar-refractivity contribution in [3.8, 4) is 0 Å². The van der Waals surface area contributed by atoms with Crippen molar-refractivity contribution >= 4 is 11.3 Å². The van der Waals surface area contributed by atoms with Crippen LogP contribution in [-0.4, -0.2) is 4.98 Å². The third-order valence-electron chi connectivity index (χ3n) is 2.20. The summed E-state index contributed by atoms with van der Waals surface area (Å²) in [4.78, 5) is 4.47. The van der Waals surface area contributed by atoms with E-state index in [2.05, 4.69) is 17.3 Å². The zero-order chi connectivity index (χ0) is 10.7. The van der Waals surface area contributed by atoms with Crippen LogP contribution in [0.15, 0.2) is 29.6 Å². The molecule has 1 aromatic carbocycles. The molecule has 0 unspecified atom stereocenters. The quantitative estimate of drug-likeness (QED) is 0.773. The number of aryl methyl sites for hydroxylation is 1. The summed E-state index contributed by atoms with van der Waals surface area (Å²) in [5, 5.41) is 3.23. The van der Waals surface area contributed by atoms with Gasteiger partial charge >= 0.3 is 0 Å². The van der Waals surface area contributed by atoms with Crippen molar-refractivity contribution in [1.29, 1.82) is 0 Å². The van der Waals surface area contributed by atoms with E-state index in [0.29, 0.717) is 0 Å². The van der Waals surface area contributed by atoms with E-state index in [4.69, 9.17) is 0 Å². The predicted molar refractivity (Wildman–Crippen MR) is 60.7 cm³/mol. The Hall–Kier alpha value is -1.22. The maximum atomic E-state index is 12.7. The molecular formula is C12H12FNS. The van der Waals surface area contributed by atoms with Gasteiger partial charge in [0.05, 0.1) is 10.7 Å². The van der Waals surface area contributed by atoms with E-state index < -0.39 is 0 Å². The summed E-state index contributed by atoms with van der Waals surface area (Å²) in [7, 11) is 0. The van der Waals surface area contributed by atoms with Crippen LogP contribution in [0.25, 0.3) is 0 Å². The van der Waals surface area contributed by atoms with Gasteiger partial charge in [0.2, 0.25) is 0 Å². The lowest BCUT2D eigenvalue weighted by Gasteiger charge is -1.97. The molecule has 0 saturated heterocycles. The summed E-state index contributed by atoms with van der Waals surface area (Å²) in [5.74, 6) is -0.189. The van der Waals surface area contributed by atoms with Gasteiger partial charge in [0, 0.05) is 11.8 Å². The minimum atomic E-state index is -0.189. The molecule has 2 rings (SSSR count). The van der Waals surface area contributed by atoms with Gasteiger partial charge in [-0.3, -0.25) is 0 Å². The SMILES string of the molecule is CCc1nc(Cc2ccc(F)cc2)cs1. The summed E-state index contributed by atoms with van der Waals surface area (Å²) in [5.41, 5.74) is 2.17. The van der Waals surface area contributed by atoms with Crippen molar-refractivity contribution in [2.24, 2.45) is 0 Å². The maximum Gasteiger partial charge on any atom is 0.123 e. The van der Waals surface area contributed by atoms with E-state index in [1.165, 1.54) is 12.1 Å². The summed E-state index contributed by atoms with van der Waals surface area (Å²) in [6, 6.07) is 6.59. The molecule has 1 nitrogen and oxygen atoms in total. The first-order valence-corrected chi connectivity index (χ1v) is 5.83. The first kappa shape index (κ1) is 10.3. The molecule has 0 aliphatic carbocycles. The Bertz CT molecular complexity index is 433. The predicted octanol–water partition coefficient (Wildman–Crippen LogP) is 3.44. The van der Waals surface area contributed by atoms with Crippen molar-refractivity contribution in [2.75, 3.05) is 0 Å². The Morgan fingerprint density at radius 2 is 2.00 bits per heavy atom. The number of nitrogens with zero attached hydrogens (tertiary/aromatic N) is 1. The topological polar surface area (TPSA) is 12.9 Å². The van der Waals surface area contributed by atoms with Crippen LogP contribution in [-0.2, 0) is 12.8 Å². The van der Waals surface area contributed by atoms with Gasteiger partial charge in [0.15, 0.2) is 0 Å². The standard InChI is InChI=1S/C12H12FNS/c1-2-12-14-11(8-15-12)7-9-3-5-10(13)6-4-9/h3-6,8H,2,7H2,1H3. The fourth-order valence-corrected chi connectivity index (χ4v) is 2.15. The first-order chi connectivity index (χ1) is 7.28. The van der Waals surface area contributed by atoms with Gasteiger partial charge in [-0.1, -0.05) is 19.1 Å². The van der Waals surface area contributed by atoms with Crippen molar-refractivity contribution in [2.45, 2.75) is 19.8 Å². The summed E-state index contributed by atoms with van der Waals surface area (Å²) in [6.45, 7) is 2.10. The van der Waals surface area contributed by atoms with Crippen LogP contribution in [0.2, 0.25) is 0 Å². The smallest absolute Gasteiger partial charge is 0.123 e. The van der Waals surface area contributed by atoms with Crippen LogP contribution in [0.1, 0.15) is 23.2 Å². The molecule has 15 heavy (non-hydrogen) atoms. The van der Waals surface area contributed by atoms with E-state index in [-0.39, 0.29) is 5.82 Å². The molecule has 0 aliphatic heterocycles. The highest BCUT2D eigenvalue weighted by Crippen LogP contribution is 2.14. The lowest BCUT2D eigenvalue weighted by molar-refractivity contribution is 0.627. The molecule has 1 aromatic heterocycles. The molecule has 0 fully saturated rings. The van der Waals surface area contributed by atoms with Gasteiger partial charge in [-0.25, -0.2) is 9.37 Å². The normalized spacial score (nSPS) is 10.5. The van der Waals surface area contributed by atoms with Gasteiger partial charge in [0.1, 0.15) is 5.82 Å². The molecule has 0 bridgehead atoms. The number of hydrogen-bond acceptors (Lipinski definition) is 2. The molecule has 2 aromatic rings. The third-order valence-corrected chi connectivity index (χ3v) is 3.24. The maximum absolute atomic E-state index is 12.7. The van der Waals surface area contributed by atoms with Gasteiger partial charge in [-0.15, -0.1) is 11.3 Å². The Morgan fingerprint density at radius 1 is 1.27 bits per heavy atom. The van der Waals surface area contributed by atoms with E-state index in [0.717, 1.165) is 29.1 Å². The molecule has 0 N–H and O–H groups in total. The second kappa shape index (κ2) is 4.53. The van der Waals surface area contributed by atoms with Crippen LogP contribution >= 0.6 is 11.3 Å². The molecular weight excluding hydrogens is 209 g/mol. The Morgan fingerprint density at radius 3 is 2.60 bits per heavy atom. The monoisotopic (exact) mass is 221 g/mol. The van der Waals surface area contributed by atoms with Crippen LogP contribution in [0.3, 0.4) is 0 Å². The zero-order valence-electron chi connectivity index (χ0n) is 8.53. The van der Waals surface area contributed by atoms with E-state index in [9.17, 15) is 4.39 Å². The Kier molecular flexibility index (Phi) is 3.11. The van der Waals surface area contributed by atoms with Crippen LogP contribution in [0.5, 0.6) is 0 Å². The molecule has 0 saturated carbocycles. The van der Waals surface area contributed by atoms with E-state index in [1.54, 1.807) is 23.5 Å². The Labute approximate surface area is 92.6 Å². The van der Waals surface area contributed by atoms with Gasteiger partial charge < -0.3 is 0 Å². The second-order valence-corrected chi connectivity index (χ2v) is 4.33. The number of hydrogen-bond donors (Lipinski definition) is 0. The molecule has 1 heterocycles. The highest BCUT2D eigenvalue weighted by molar-refractivity contribution is 7.09. The fourth-order valence-electron chi connectivity index (χ4n) is 1.40. The molecule has 0 aliphatic rings. The average molecular weight is 221 g/mol. The number of thiazole rings is 1. The molecule has 3 heteroatoms. The zero-order valence-corrected chi connectivity index (χ0v) is 9.35. The first-order valence-electron chi connectivity index (χ1n) is 4.95. The van der Waals surface area contributed by atoms with Gasteiger partial charge in [-0.2, -0.15) is 0 Å². The summed E-state index contributed by atoms with van der Waals surface area (Å²) < 4.78 is 12.7. The van der Waals surface area contributed by atoms with Gasteiger partial charge in [-0.05, 0) is 24.1 Å².